The summed E-state index contributed by atoms with van der Waals surface area (Å²) >= 11 is 0. The molecule has 0 aromatic heterocycles. The molecular formula is C16H18F3NO. The van der Waals surface area contributed by atoms with Crippen LogP contribution >= 0.6 is 0 Å². The first-order chi connectivity index (χ1) is 9.80. The predicted molar refractivity (Wildman–Crippen MR) is 76.7 cm³/mol. The lowest BCUT2D eigenvalue weighted by atomic mass is 9.95. The number of alkyl halides is 3. The van der Waals surface area contributed by atoms with Crippen LogP contribution in [0.1, 0.15) is 32.8 Å². The molecule has 1 aromatic rings. The highest BCUT2D eigenvalue weighted by atomic mass is 19.4. The summed E-state index contributed by atoms with van der Waals surface area (Å²) in [5.74, 6) is 0.189. The quantitative estimate of drug-likeness (QED) is 0.786. The SMILES string of the molecule is CCC1N=C(c2ccc(OC(F)(F)F)cc2)C=C1C(C)C. The van der Waals surface area contributed by atoms with E-state index < -0.39 is 6.36 Å². The van der Waals surface area contributed by atoms with Crippen LogP contribution in [0.5, 0.6) is 5.75 Å². The van der Waals surface area contributed by atoms with Gasteiger partial charge in [0, 0.05) is 0 Å². The van der Waals surface area contributed by atoms with Gasteiger partial charge in [0.2, 0.25) is 0 Å². The Morgan fingerprint density at radius 2 is 1.81 bits per heavy atom. The molecule has 0 aliphatic carbocycles. The number of hydrogen-bond donors (Lipinski definition) is 0. The van der Waals surface area contributed by atoms with Crippen molar-refractivity contribution in [3.63, 3.8) is 0 Å². The number of nitrogens with zero attached hydrogens (tertiary/aromatic N) is 1. The van der Waals surface area contributed by atoms with Gasteiger partial charge in [0.05, 0.1) is 11.8 Å². The third-order valence-electron chi connectivity index (χ3n) is 3.42. The maximum atomic E-state index is 12.1. The summed E-state index contributed by atoms with van der Waals surface area (Å²) in [4.78, 5) is 4.64. The zero-order valence-electron chi connectivity index (χ0n) is 12.2. The Hall–Kier alpha value is -1.78. The summed E-state index contributed by atoms with van der Waals surface area (Å²) in [5.41, 5.74) is 2.89. The second-order valence-electron chi connectivity index (χ2n) is 5.31. The van der Waals surface area contributed by atoms with Gasteiger partial charge < -0.3 is 4.74 Å². The van der Waals surface area contributed by atoms with Crippen LogP contribution in [-0.4, -0.2) is 18.1 Å². The Morgan fingerprint density at radius 1 is 1.19 bits per heavy atom. The monoisotopic (exact) mass is 297 g/mol. The smallest absolute Gasteiger partial charge is 0.406 e. The Kier molecular flexibility index (Phi) is 4.40. The van der Waals surface area contributed by atoms with Crippen molar-refractivity contribution in [1.82, 2.24) is 0 Å². The molecule has 0 fully saturated rings. The average Bonchev–Trinajstić information content (AvgIpc) is 2.82. The van der Waals surface area contributed by atoms with E-state index in [0.29, 0.717) is 5.92 Å². The van der Waals surface area contributed by atoms with Gasteiger partial charge in [0.15, 0.2) is 0 Å². The van der Waals surface area contributed by atoms with Crippen molar-refractivity contribution in [2.24, 2.45) is 10.9 Å². The van der Waals surface area contributed by atoms with Gasteiger partial charge in [-0.25, -0.2) is 0 Å². The number of rotatable bonds is 4. The van der Waals surface area contributed by atoms with Crippen molar-refractivity contribution in [1.29, 1.82) is 0 Å². The van der Waals surface area contributed by atoms with Crippen LogP contribution in [0.15, 0.2) is 40.9 Å². The van der Waals surface area contributed by atoms with Gasteiger partial charge in [0.1, 0.15) is 5.75 Å². The molecule has 2 nitrogen and oxygen atoms in total. The molecular weight excluding hydrogens is 279 g/mol. The highest BCUT2D eigenvalue weighted by molar-refractivity contribution is 6.10. The first-order valence-corrected chi connectivity index (χ1v) is 6.95. The molecule has 1 aromatic carbocycles. The number of ether oxygens (including phenoxy) is 1. The maximum absolute atomic E-state index is 12.1. The summed E-state index contributed by atoms with van der Waals surface area (Å²) in [5, 5.41) is 0. The van der Waals surface area contributed by atoms with Gasteiger partial charge in [-0.1, -0.05) is 20.8 Å². The fourth-order valence-electron chi connectivity index (χ4n) is 2.40. The highest BCUT2D eigenvalue weighted by Gasteiger charge is 2.31. The molecule has 5 heteroatoms. The molecule has 1 atom stereocenters. The van der Waals surface area contributed by atoms with Gasteiger partial charge in [-0.15, -0.1) is 13.2 Å². The van der Waals surface area contributed by atoms with Crippen molar-refractivity contribution in [2.75, 3.05) is 0 Å². The minimum atomic E-state index is -4.66. The molecule has 0 radical (unpaired) electrons. The topological polar surface area (TPSA) is 21.6 Å². The molecule has 0 amide bonds. The molecule has 1 aliphatic rings. The third-order valence-corrected chi connectivity index (χ3v) is 3.42. The second kappa shape index (κ2) is 5.92. The summed E-state index contributed by atoms with van der Waals surface area (Å²) in [6, 6.07) is 6.01. The molecule has 0 bridgehead atoms. The van der Waals surface area contributed by atoms with Crippen LogP contribution in [0.25, 0.3) is 0 Å². The molecule has 1 unspecified atom stereocenters. The van der Waals surface area contributed by atoms with Gasteiger partial charge in [-0.05, 0) is 53.8 Å². The van der Waals surface area contributed by atoms with E-state index in [4.69, 9.17) is 0 Å². The Labute approximate surface area is 122 Å². The molecule has 1 aliphatic heterocycles. The summed E-state index contributed by atoms with van der Waals surface area (Å²) in [6.07, 6.45) is -1.70. The van der Waals surface area contributed by atoms with E-state index in [1.54, 1.807) is 12.1 Å². The van der Waals surface area contributed by atoms with E-state index in [-0.39, 0.29) is 11.8 Å². The average molecular weight is 297 g/mol. The number of benzene rings is 1. The normalized spacial score (nSPS) is 18.7. The zero-order valence-corrected chi connectivity index (χ0v) is 12.2. The lowest BCUT2D eigenvalue weighted by Gasteiger charge is -2.13. The van der Waals surface area contributed by atoms with Gasteiger partial charge in [-0.3, -0.25) is 4.99 Å². The largest absolute Gasteiger partial charge is 0.573 e. The fourth-order valence-corrected chi connectivity index (χ4v) is 2.40. The van der Waals surface area contributed by atoms with Crippen LogP contribution in [0, 0.1) is 5.92 Å². The van der Waals surface area contributed by atoms with Crippen LogP contribution < -0.4 is 4.74 Å². The molecule has 21 heavy (non-hydrogen) atoms. The lowest BCUT2D eigenvalue weighted by Crippen LogP contribution is -2.17. The van der Waals surface area contributed by atoms with Crippen LogP contribution in [-0.2, 0) is 0 Å². The van der Waals surface area contributed by atoms with E-state index in [2.05, 4.69) is 30.5 Å². The standard InChI is InChI=1S/C16H18F3NO/c1-4-14-13(10(2)3)9-15(20-14)11-5-7-12(8-6-11)21-16(17,18)19/h5-10,14H,4H2,1-3H3. The minimum Gasteiger partial charge on any atom is -0.406 e. The van der Waals surface area contributed by atoms with Crippen molar-refractivity contribution < 1.29 is 17.9 Å². The first-order valence-electron chi connectivity index (χ1n) is 6.95. The lowest BCUT2D eigenvalue weighted by molar-refractivity contribution is -0.274. The Balaban J connectivity index is 2.20. The molecule has 0 N–H and O–H groups in total. The predicted octanol–water partition coefficient (Wildman–Crippen LogP) is 4.75. The highest BCUT2D eigenvalue weighted by Crippen LogP contribution is 2.28. The number of allylic oxidation sites excluding steroid dienone is 1. The first kappa shape index (κ1) is 15.6. The number of aliphatic imine (C=N–C) groups is 1. The summed E-state index contributed by atoms with van der Waals surface area (Å²) in [7, 11) is 0. The second-order valence-corrected chi connectivity index (χ2v) is 5.31. The van der Waals surface area contributed by atoms with Crippen molar-refractivity contribution >= 4 is 5.71 Å². The summed E-state index contributed by atoms with van der Waals surface area (Å²) in [6.45, 7) is 6.31. The van der Waals surface area contributed by atoms with Crippen molar-refractivity contribution in [2.45, 2.75) is 39.6 Å². The molecule has 1 heterocycles. The van der Waals surface area contributed by atoms with Gasteiger partial charge >= 0.3 is 6.36 Å². The van der Waals surface area contributed by atoms with E-state index in [0.717, 1.165) is 17.7 Å². The van der Waals surface area contributed by atoms with Crippen molar-refractivity contribution in [3.05, 3.63) is 41.5 Å². The minimum absolute atomic E-state index is 0.172. The maximum Gasteiger partial charge on any atom is 0.573 e. The van der Waals surface area contributed by atoms with E-state index >= 15 is 0 Å². The Morgan fingerprint density at radius 3 is 2.24 bits per heavy atom. The van der Waals surface area contributed by atoms with Crippen molar-refractivity contribution in [3.8, 4) is 5.75 Å². The number of halogens is 3. The van der Waals surface area contributed by atoms with Crippen LogP contribution in [0.2, 0.25) is 0 Å². The van der Waals surface area contributed by atoms with Gasteiger partial charge in [-0.2, -0.15) is 0 Å². The van der Waals surface area contributed by atoms with E-state index in [1.807, 2.05) is 6.08 Å². The van der Waals surface area contributed by atoms with E-state index in [9.17, 15) is 13.2 Å². The summed E-state index contributed by atoms with van der Waals surface area (Å²) < 4.78 is 40.2. The van der Waals surface area contributed by atoms with E-state index in [1.165, 1.54) is 17.7 Å². The molecule has 0 saturated carbocycles. The van der Waals surface area contributed by atoms with Crippen LogP contribution in [0.4, 0.5) is 13.2 Å². The third kappa shape index (κ3) is 3.86. The molecule has 0 spiro atoms. The Bertz CT molecular complexity index is 556. The molecule has 2 rings (SSSR count). The molecule has 114 valence electrons. The molecule has 0 saturated heterocycles. The fraction of sp³-hybridized carbons (Fsp3) is 0.438. The zero-order chi connectivity index (χ0) is 15.6. The van der Waals surface area contributed by atoms with Gasteiger partial charge in [0.25, 0.3) is 0 Å². The van der Waals surface area contributed by atoms with Crippen LogP contribution in [0.3, 0.4) is 0 Å². The number of hydrogen-bond acceptors (Lipinski definition) is 2.